The summed E-state index contributed by atoms with van der Waals surface area (Å²) in [6, 6.07) is 4.44. The Morgan fingerprint density at radius 3 is 2.52 bits per heavy atom. The van der Waals surface area contributed by atoms with Crippen LogP contribution in [-0.2, 0) is 24.3 Å². The lowest BCUT2D eigenvalue weighted by molar-refractivity contribution is -0.158. The van der Waals surface area contributed by atoms with Crippen molar-refractivity contribution in [2.24, 2.45) is 0 Å². The van der Waals surface area contributed by atoms with E-state index in [0.717, 1.165) is 17.1 Å². The molecule has 1 aromatic rings. The normalized spacial score (nSPS) is 24.4. The van der Waals surface area contributed by atoms with Crippen LogP contribution in [0.5, 0.6) is 0 Å². The molecule has 1 aliphatic heterocycles. The first-order chi connectivity index (χ1) is 12.7. The Morgan fingerprint density at radius 1 is 1.30 bits per heavy atom. The van der Waals surface area contributed by atoms with Crippen LogP contribution in [0.2, 0.25) is 5.02 Å². The molecule has 0 aromatic heterocycles. The van der Waals surface area contributed by atoms with Crippen LogP contribution in [0.15, 0.2) is 29.2 Å². The van der Waals surface area contributed by atoms with Crippen molar-refractivity contribution in [3.63, 3.8) is 0 Å². The van der Waals surface area contributed by atoms with Crippen molar-refractivity contribution in [1.82, 2.24) is 9.62 Å². The number of hydrogen-bond acceptors (Lipinski definition) is 6. The van der Waals surface area contributed by atoms with Crippen LogP contribution in [0.4, 0.5) is 0 Å². The Morgan fingerprint density at radius 2 is 1.93 bits per heavy atom. The van der Waals surface area contributed by atoms with Gasteiger partial charge in [-0.25, -0.2) is 8.42 Å². The molecule has 0 radical (unpaired) electrons. The molecule has 3 atom stereocenters. The highest BCUT2D eigenvalue weighted by molar-refractivity contribution is 7.89. The first kappa shape index (κ1) is 20.1. The lowest BCUT2D eigenvalue weighted by atomic mass is 10.2. The van der Waals surface area contributed by atoms with Crippen molar-refractivity contribution in [3.8, 4) is 0 Å². The Labute approximate surface area is 162 Å². The maximum absolute atomic E-state index is 12.9. The number of ether oxygens (including phenoxy) is 1. The number of carbonyl (C=O) groups is 2. The summed E-state index contributed by atoms with van der Waals surface area (Å²) in [7, 11) is -4.03. The third-order valence-electron chi connectivity index (χ3n) is 4.51. The minimum Gasteiger partial charge on any atom is -0.451 e. The van der Waals surface area contributed by atoms with Gasteiger partial charge in [0, 0.05) is 24.0 Å². The van der Waals surface area contributed by atoms with E-state index in [0.29, 0.717) is 5.02 Å². The van der Waals surface area contributed by atoms with Crippen molar-refractivity contribution in [2.75, 3.05) is 6.54 Å². The number of rotatable bonds is 6. The zero-order valence-corrected chi connectivity index (χ0v) is 16.2. The SMILES string of the molecule is C[C@H](OC(=O)[C@@H]1C[C@H](O)CN1S(=O)(=O)c1ccc(Cl)cc1)C(=O)NC1CC1. The quantitative estimate of drug-likeness (QED) is 0.659. The standard InChI is InChI=1S/C17H21ClN2O6S/c1-10(16(22)19-12-4-5-12)26-17(23)15-8-13(21)9-20(15)27(24,25)14-6-2-11(18)3-7-14/h2-3,6-7,10,12-13,15,21H,4-5,8-9H2,1H3,(H,19,22)/t10-,13-,15-/m0/s1. The summed E-state index contributed by atoms with van der Waals surface area (Å²) >= 11 is 5.79. The van der Waals surface area contributed by atoms with Gasteiger partial charge in [0.1, 0.15) is 6.04 Å². The molecule has 0 unspecified atom stereocenters. The molecule has 1 saturated heterocycles. The second kappa shape index (κ2) is 7.75. The molecule has 2 aliphatic rings. The predicted molar refractivity (Wildman–Crippen MR) is 96.5 cm³/mol. The van der Waals surface area contributed by atoms with Gasteiger partial charge in [-0.2, -0.15) is 4.31 Å². The van der Waals surface area contributed by atoms with Crippen molar-refractivity contribution in [2.45, 2.75) is 55.4 Å². The van der Waals surface area contributed by atoms with Crippen LogP contribution >= 0.6 is 11.6 Å². The molecule has 2 fully saturated rings. The van der Waals surface area contributed by atoms with Crippen LogP contribution in [-0.4, -0.2) is 60.5 Å². The highest BCUT2D eigenvalue weighted by Gasteiger charge is 2.45. The summed E-state index contributed by atoms with van der Waals surface area (Å²) < 4.78 is 31.8. The highest BCUT2D eigenvalue weighted by atomic mass is 35.5. The molecule has 1 aliphatic carbocycles. The minimum absolute atomic E-state index is 0.0432. The van der Waals surface area contributed by atoms with E-state index in [9.17, 15) is 23.1 Å². The van der Waals surface area contributed by atoms with E-state index in [1.54, 1.807) is 0 Å². The Kier molecular flexibility index (Phi) is 5.76. The fourth-order valence-corrected chi connectivity index (χ4v) is 4.61. The largest absolute Gasteiger partial charge is 0.451 e. The topological polar surface area (TPSA) is 113 Å². The summed E-state index contributed by atoms with van der Waals surface area (Å²) in [4.78, 5) is 24.4. The number of aliphatic hydroxyl groups excluding tert-OH is 1. The zero-order chi connectivity index (χ0) is 19.8. The number of β-amino-alcohol motifs (C(OH)–C–C–N with tert-alkyl or cyclic N) is 1. The van der Waals surface area contributed by atoms with Gasteiger partial charge >= 0.3 is 5.97 Å². The molecule has 8 nitrogen and oxygen atoms in total. The molecular weight excluding hydrogens is 396 g/mol. The van der Waals surface area contributed by atoms with Crippen molar-refractivity contribution in [1.29, 1.82) is 0 Å². The molecule has 1 amide bonds. The van der Waals surface area contributed by atoms with Crippen LogP contribution in [0.3, 0.4) is 0 Å². The predicted octanol–water partition coefficient (Wildman–Crippen LogP) is 0.674. The smallest absolute Gasteiger partial charge is 0.325 e. The number of amides is 1. The van der Waals surface area contributed by atoms with Crippen LogP contribution < -0.4 is 5.32 Å². The van der Waals surface area contributed by atoms with Crippen molar-refractivity contribution < 1.29 is 27.9 Å². The first-order valence-electron chi connectivity index (χ1n) is 8.65. The first-order valence-corrected chi connectivity index (χ1v) is 10.5. The van der Waals surface area contributed by atoms with Gasteiger partial charge < -0.3 is 15.2 Å². The molecule has 1 saturated carbocycles. The summed E-state index contributed by atoms with van der Waals surface area (Å²) in [5, 5.41) is 13.0. The average Bonchev–Trinajstić information content (AvgIpc) is 3.33. The molecule has 148 valence electrons. The van der Waals surface area contributed by atoms with Gasteiger partial charge in [-0.15, -0.1) is 0 Å². The van der Waals surface area contributed by atoms with E-state index in [4.69, 9.17) is 16.3 Å². The summed E-state index contributed by atoms with van der Waals surface area (Å²) in [5.74, 6) is -1.28. The summed E-state index contributed by atoms with van der Waals surface area (Å²) in [6.45, 7) is 1.20. The number of hydrogen-bond donors (Lipinski definition) is 2. The van der Waals surface area contributed by atoms with Crippen molar-refractivity contribution >= 4 is 33.5 Å². The number of aliphatic hydroxyl groups is 1. The second-order valence-electron chi connectivity index (χ2n) is 6.80. The number of esters is 1. The molecule has 0 spiro atoms. The van der Waals surface area contributed by atoms with Gasteiger partial charge in [-0.1, -0.05) is 11.6 Å². The molecule has 0 bridgehead atoms. The van der Waals surface area contributed by atoms with E-state index < -0.39 is 40.1 Å². The molecule has 1 heterocycles. The molecule has 10 heteroatoms. The third kappa shape index (κ3) is 4.60. The van der Waals surface area contributed by atoms with Gasteiger partial charge in [0.15, 0.2) is 6.10 Å². The lowest BCUT2D eigenvalue weighted by Gasteiger charge is -2.24. The van der Waals surface area contributed by atoms with E-state index in [-0.39, 0.29) is 23.9 Å². The van der Waals surface area contributed by atoms with E-state index in [1.807, 2.05) is 0 Å². The van der Waals surface area contributed by atoms with Gasteiger partial charge in [-0.3, -0.25) is 9.59 Å². The van der Waals surface area contributed by atoms with Gasteiger partial charge in [0.05, 0.1) is 11.0 Å². The Bertz CT molecular complexity index is 824. The minimum atomic E-state index is -4.03. The lowest BCUT2D eigenvalue weighted by Crippen LogP contribution is -2.44. The maximum Gasteiger partial charge on any atom is 0.325 e. The van der Waals surface area contributed by atoms with Gasteiger partial charge in [0.2, 0.25) is 10.0 Å². The molecule has 1 aromatic carbocycles. The fourth-order valence-electron chi connectivity index (χ4n) is 2.86. The monoisotopic (exact) mass is 416 g/mol. The van der Waals surface area contributed by atoms with E-state index in [2.05, 4.69) is 5.32 Å². The fraction of sp³-hybridized carbons (Fsp3) is 0.529. The number of nitrogens with zero attached hydrogens (tertiary/aromatic N) is 1. The molecular formula is C17H21ClN2O6S. The van der Waals surface area contributed by atoms with Gasteiger partial charge in [0.25, 0.3) is 5.91 Å². The van der Waals surface area contributed by atoms with Crippen LogP contribution in [0.1, 0.15) is 26.2 Å². The molecule has 3 rings (SSSR count). The second-order valence-corrected chi connectivity index (χ2v) is 9.12. The maximum atomic E-state index is 12.9. The number of carbonyl (C=O) groups excluding carboxylic acids is 2. The Balaban J connectivity index is 1.73. The number of sulfonamides is 1. The van der Waals surface area contributed by atoms with E-state index >= 15 is 0 Å². The average molecular weight is 417 g/mol. The summed E-state index contributed by atoms with van der Waals surface area (Å²) in [5.41, 5.74) is 0. The number of halogens is 1. The highest BCUT2D eigenvalue weighted by Crippen LogP contribution is 2.28. The number of benzene rings is 1. The molecule has 2 N–H and O–H groups in total. The number of nitrogens with one attached hydrogen (secondary N) is 1. The van der Waals surface area contributed by atoms with Crippen molar-refractivity contribution in [3.05, 3.63) is 29.3 Å². The van der Waals surface area contributed by atoms with Gasteiger partial charge in [-0.05, 0) is 44.0 Å². The van der Waals surface area contributed by atoms with Crippen LogP contribution in [0, 0.1) is 0 Å². The summed E-state index contributed by atoms with van der Waals surface area (Å²) in [6.07, 6.45) is -0.346. The Hall–Kier alpha value is -1.68. The van der Waals surface area contributed by atoms with E-state index in [1.165, 1.54) is 31.2 Å². The third-order valence-corrected chi connectivity index (χ3v) is 6.65. The van der Waals surface area contributed by atoms with Crippen LogP contribution in [0.25, 0.3) is 0 Å². The molecule has 27 heavy (non-hydrogen) atoms. The zero-order valence-electron chi connectivity index (χ0n) is 14.7.